The van der Waals surface area contributed by atoms with E-state index >= 15 is 0 Å². The summed E-state index contributed by atoms with van der Waals surface area (Å²) in [7, 11) is 1.81. The average molecular weight is 259 g/mol. The highest BCUT2D eigenvalue weighted by atomic mass is 19.4. The van der Waals surface area contributed by atoms with E-state index in [0.29, 0.717) is 12.4 Å². The number of pyridine rings is 1. The van der Waals surface area contributed by atoms with E-state index in [1.807, 2.05) is 13.1 Å². The van der Waals surface area contributed by atoms with Gasteiger partial charge in [-0.15, -0.1) is 0 Å². The second-order valence-electron chi connectivity index (χ2n) is 4.53. The summed E-state index contributed by atoms with van der Waals surface area (Å²) in [6.07, 6.45) is -0.933. The van der Waals surface area contributed by atoms with Crippen LogP contribution in [0.25, 0.3) is 0 Å². The van der Waals surface area contributed by atoms with Crippen molar-refractivity contribution >= 4 is 5.82 Å². The molecule has 0 aromatic carbocycles. The Hall–Kier alpha value is -1.30. The Morgan fingerprint density at radius 2 is 2.11 bits per heavy atom. The van der Waals surface area contributed by atoms with Gasteiger partial charge in [-0.1, -0.05) is 6.07 Å². The first-order valence-electron chi connectivity index (χ1n) is 5.92. The Morgan fingerprint density at radius 3 is 2.56 bits per heavy atom. The Bertz CT molecular complexity index is 385. The molecule has 2 rings (SSSR count). The second-order valence-corrected chi connectivity index (χ2v) is 4.53. The number of alkyl halides is 3. The number of anilines is 1. The van der Waals surface area contributed by atoms with Crippen LogP contribution in [0.1, 0.15) is 18.4 Å². The number of nitrogens with zero attached hydrogens (tertiary/aromatic N) is 2. The van der Waals surface area contributed by atoms with Crippen LogP contribution < -0.4 is 10.2 Å². The highest BCUT2D eigenvalue weighted by Crippen LogP contribution is 2.33. The van der Waals surface area contributed by atoms with Crippen LogP contribution in [0, 0.1) is 0 Å². The third-order valence-corrected chi connectivity index (χ3v) is 2.82. The molecule has 0 amide bonds. The highest BCUT2D eigenvalue weighted by Gasteiger charge is 2.38. The number of nitrogens with one attached hydrogen (secondary N) is 1. The molecular formula is C12H16F3N3. The summed E-state index contributed by atoms with van der Waals surface area (Å²) in [5.41, 5.74) is 0.962. The maximum atomic E-state index is 12.5. The Kier molecular flexibility index (Phi) is 3.75. The van der Waals surface area contributed by atoms with E-state index < -0.39 is 12.7 Å². The first kappa shape index (κ1) is 13.1. The Labute approximate surface area is 104 Å². The molecule has 1 fully saturated rings. The van der Waals surface area contributed by atoms with Crippen LogP contribution in [0.4, 0.5) is 19.0 Å². The fraction of sp³-hybridized carbons (Fsp3) is 0.583. The molecule has 0 bridgehead atoms. The van der Waals surface area contributed by atoms with Crippen molar-refractivity contribution < 1.29 is 13.2 Å². The molecule has 0 radical (unpaired) electrons. The van der Waals surface area contributed by atoms with Crippen molar-refractivity contribution in [1.82, 2.24) is 10.3 Å². The second kappa shape index (κ2) is 5.14. The molecule has 100 valence electrons. The maximum Gasteiger partial charge on any atom is 0.405 e. The van der Waals surface area contributed by atoms with Crippen molar-refractivity contribution in [3.05, 3.63) is 23.9 Å². The molecule has 0 aliphatic heterocycles. The van der Waals surface area contributed by atoms with Gasteiger partial charge in [-0.3, -0.25) is 0 Å². The van der Waals surface area contributed by atoms with Gasteiger partial charge in [0.1, 0.15) is 12.4 Å². The van der Waals surface area contributed by atoms with Gasteiger partial charge in [0, 0.05) is 18.8 Å². The minimum absolute atomic E-state index is 0.00530. The normalized spacial score (nSPS) is 15.8. The third kappa shape index (κ3) is 3.60. The molecule has 0 atom stereocenters. The van der Waals surface area contributed by atoms with Crippen LogP contribution in [-0.4, -0.2) is 30.8 Å². The lowest BCUT2D eigenvalue weighted by atomic mass is 10.2. The topological polar surface area (TPSA) is 28.2 Å². The van der Waals surface area contributed by atoms with E-state index in [1.165, 1.54) is 4.90 Å². The lowest BCUT2D eigenvalue weighted by Gasteiger charge is -2.24. The molecule has 1 N–H and O–H groups in total. The van der Waals surface area contributed by atoms with Crippen LogP contribution in [0.2, 0.25) is 0 Å². The molecule has 1 aromatic rings. The van der Waals surface area contributed by atoms with Crippen LogP contribution in [0.3, 0.4) is 0 Å². The first-order chi connectivity index (χ1) is 8.49. The number of halogens is 3. The fourth-order valence-corrected chi connectivity index (χ4v) is 1.87. The number of hydrogen-bond donors (Lipinski definition) is 1. The van der Waals surface area contributed by atoms with Gasteiger partial charge in [0.05, 0.1) is 0 Å². The zero-order chi connectivity index (χ0) is 13.2. The fourth-order valence-electron chi connectivity index (χ4n) is 1.87. The molecule has 3 nitrogen and oxygen atoms in total. The van der Waals surface area contributed by atoms with Crippen LogP contribution in [-0.2, 0) is 6.54 Å². The standard InChI is InChI=1S/C12H16F3N3/c1-16-6-9-2-5-11(17-7-9)18(10-3-4-10)8-12(13,14)15/h2,5,7,10,16H,3-4,6,8H2,1H3. The van der Waals surface area contributed by atoms with E-state index in [2.05, 4.69) is 10.3 Å². The number of hydrogen-bond acceptors (Lipinski definition) is 3. The molecule has 18 heavy (non-hydrogen) atoms. The van der Waals surface area contributed by atoms with Gasteiger partial charge in [0.15, 0.2) is 0 Å². The van der Waals surface area contributed by atoms with E-state index in [0.717, 1.165) is 18.4 Å². The zero-order valence-electron chi connectivity index (χ0n) is 10.2. The van der Waals surface area contributed by atoms with E-state index in [-0.39, 0.29) is 6.04 Å². The molecule has 6 heteroatoms. The summed E-state index contributed by atoms with van der Waals surface area (Å²) < 4.78 is 37.5. The number of rotatable bonds is 5. The molecule has 1 saturated carbocycles. The average Bonchev–Trinajstić information content (AvgIpc) is 3.10. The summed E-state index contributed by atoms with van der Waals surface area (Å²) in [6.45, 7) is -0.258. The van der Waals surface area contributed by atoms with Crippen molar-refractivity contribution in [2.45, 2.75) is 31.6 Å². The van der Waals surface area contributed by atoms with Crippen molar-refractivity contribution in [1.29, 1.82) is 0 Å². The monoisotopic (exact) mass is 259 g/mol. The van der Waals surface area contributed by atoms with Gasteiger partial charge >= 0.3 is 6.18 Å². The minimum Gasteiger partial charge on any atom is -0.345 e. The van der Waals surface area contributed by atoms with Gasteiger partial charge in [-0.2, -0.15) is 13.2 Å². The molecule has 0 unspecified atom stereocenters. The highest BCUT2D eigenvalue weighted by molar-refractivity contribution is 5.42. The Morgan fingerprint density at radius 1 is 1.39 bits per heavy atom. The zero-order valence-corrected chi connectivity index (χ0v) is 10.2. The summed E-state index contributed by atoms with van der Waals surface area (Å²) >= 11 is 0. The Balaban J connectivity index is 2.10. The minimum atomic E-state index is -4.19. The van der Waals surface area contributed by atoms with Gasteiger partial charge in [-0.05, 0) is 31.5 Å². The molecule has 1 aliphatic rings. The molecule has 1 aromatic heterocycles. The van der Waals surface area contributed by atoms with E-state index in [9.17, 15) is 13.2 Å². The maximum absolute atomic E-state index is 12.5. The molecule has 0 spiro atoms. The third-order valence-electron chi connectivity index (χ3n) is 2.82. The molecule has 0 saturated heterocycles. The number of aromatic nitrogens is 1. The quantitative estimate of drug-likeness (QED) is 0.879. The predicted octanol–water partition coefficient (Wildman–Crippen LogP) is 2.33. The van der Waals surface area contributed by atoms with Crippen molar-refractivity contribution in [3.63, 3.8) is 0 Å². The lowest BCUT2D eigenvalue weighted by molar-refractivity contribution is -0.120. The van der Waals surface area contributed by atoms with Crippen LogP contribution in [0.5, 0.6) is 0 Å². The van der Waals surface area contributed by atoms with Crippen molar-refractivity contribution in [3.8, 4) is 0 Å². The van der Waals surface area contributed by atoms with Crippen molar-refractivity contribution in [2.75, 3.05) is 18.5 Å². The van der Waals surface area contributed by atoms with Gasteiger partial charge < -0.3 is 10.2 Å². The molecular weight excluding hydrogens is 243 g/mol. The van der Waals surface area contributed by atoms with Crippen LogP contribution in [0.15, 0.2) is 18.3 Å². The summed E-state index contributed by atoms with van der Waals surface area (Å²) in [6, 6.07) is 3.47. The smallest absolute Gasteiger partial charge is 0.345 e. The summed E-state index contributed by atoms with van der Waals surface area (Å²) in [5, 5.41) is 2.97. The SMILES string of the molecule is CNCc1ccc(N(CC(F)(F)F)C2CC2)nc1. The largest absolute Gasteiger partial charge is 0.405 e. The first-order valence-corrected chi connectivity index (χ1v) is 5.92. The summed E-state index contributed by atoms with van der Waals surface area (Å²) in [5.74, 6) is 0.412. The van der Waals surface area contributed by atoms with Gasteiger partial charge in [0.2, 0.25) is 0 Å². The van der Waals surface area contributed by atoms with E-state index in [1.54, 1.807) is 12.3 Å². The molecule has 1 aliphatic carbocycles. The van der Waals surface area contributed by atoms with Gasteiger partial charge in [0.25, 0.3) is 0 Å². The summed E-state index contributed by atoms with van der Waals surface area (Å²) in [4.78, 5) is 5.48. The lowest BCUT2D eigenvalue weighted by Crippen LogP contribution is -2.36. The molecule has 1 heterocycles. The van der Waals surface area contributed by atoms with E-state index in [4.69, 9.17) is 0 Å². The van der Waals surface area contributed by atoms with Gasteiger partial charge in [-0.25, -0.2) is 4.98 Å². The predicted molar refractivity (Wildman–Crippen MR) is 63.4 cm³/mol. The van der Waals surface area contributed by atoms with Crippen molar-refractivity contribution in [2.24, 2.45) is 0 Å². The van der Waals surface area contributed by atoms with Crippen LogP contribution >= 0.6 is 0 Å².